The summed E-state index contributed by atoms with van der Waals surface area (Å²) < 4.78 is 5.24. The van der Waals surface area contributed by atoms with Crippen LogP contribution in [-0.4, -0.2) is 73.7 Å². The lowest BCUT2D eigenvalue weighted by atomic mass is 10.2. The first kappa shape index (κ1) is 20.2. The average Bonchev–Trinajstić information content (AvgIpc) is 2.76. The number of rotatable bonds is 6. The lowest BCUT2D eigenvalue weighted by Crippen LogP contribution is -2.45. The Bertz CT molecular complexity index is 428. The molecule has 0 aromatic carbocycles. The van der Waals surface area contributed by atoms with Crippen LogP contribution in [0.4, 0.5) is 9.59 Å². The maximum atomic E-state index is 12.0. The SMILES string of the molecule is CCCNC(=O)NC(=O)CN1CCCN(C(=O)OCC(C)C)CC1. The van der Waals surface area contributed by atoms with Crippen LogP contribution in [0.3, 0.4) is 0 Å². The summed E-state index contributed by atoms with van der Waals surface area (Å²) in [5, 5.41) is 4.91. The minimum atomic E-state index is -0.462. The molecule has 0 spiro atoms. The third-order valence-electron chi connectivity index (χ3n) is 3.54. The summed E-state index contributed by atoms with van der Waals surface area (Å²) in [6, 6.07) is -0.462. The Balaban J connectivity index is 2.33. The predicted octanol–water partition coefficient (Wildman–Crippen LogP) is 1.02. The fourth-order valence-electron chi connectivity index (χ4n) is 2.29. The van der Waals surface area contributed by atoms with Gasteiger partial charge in [-0.3, -0.25) is 15.0 Å². The summed E-state index contributed by atoms with van der Waals surface area (Å²) in [6.45, 7) is 9.45. The second-order valence-corrected chi connectivity index (χ2v) is 6.39. The van der Waals surface area contributed by atoms with Crippen molar-refractivity contribution in [3.05, 3.63) is 0 Å². The largest absolute Gasteiger partial charge is 0.449 e. The van der Waals surface area contributed by atoms with Crippen LogP contribution in [0.25, 0.3) is 0 Å². The van der Waals surface area contributed by atoms with E-state index in [0.717, 1.165) is 12.8 Å². The lowest BCUT2D eigenvalue weighted by Gasteiger charge is -2.21. The molecule has 2 N–H and O–H groups in total. The summed E-state index contributed by atoms with van der Waals surface area (Å²) in [5.74, 6) is -0.0283. The van der Waals surface area contributed by atoms with E-state index in [1.54, 1.807) is 4.90 Å². The molecule has 1 heterocycles. The Kier molecular flexibility index (Phi) is 9.14. The molecule has 1 aliphatic heterocycles. The Morgan fingerprint density at radius 3 is 2.54 bits per heavy atom. The molecule has 4 amide bonds. The summed E-state index contributed by atoms with van der Waals surface area (Å²) in [6.07, 6.45) is 1.29. The normalized spacial score (nSPS) is 15.8. The van der Waals surface area contributed by atoms with E-state index in [9.17, 15) is 14.4 Å². The van der Waals surface area contributed by atoms with Crippen LogP contribution >= 0.6 is 0 Å². The molecule has 24 heavy (non-hydrogen) atoms. The van der Waals surface area contributed by atoms with E-state index in [1.165, 1.54) is 0 Å². The Morgan fingerprint density at radius 2 is 1.88 bits per heavy atom. The predicted molar refractivity (Wildman–Crippen MR) is 90.6 cm³/mol. The van der Waals surface area contributed by atoms with Gasteiger partial charge in [-0.15, -0.1) is 0 Å². The van der Waals surface area contributed by atoms with Gasteiger partial charge in [-0.1, -0.05) is 20.8 Å². The molecular formula is C16H30N4O4. The van der Waals surface area contributed by atoms with Gasteiger partial charge >= 0.3 is 12.1 Å². The smallest absolute Gasteiger partial charge is 0.409 e. The first-order valence-corrected chi connectivity index (χ1v) is 8.64. The highest BCUT2D eigenvalue weighted by Gasteiger charge is 2.22. The molecule has 0 radical (unpaired) electrons. The summed E-state index contributed by atoms with van der Waals surface area (Å²) >= 11 is 0. The zero-order valence-corrected chi connectivity index (χ0v) is 15.0. The number of ether oxygens (including phenoxy) is 1. The molecule has 0 aromatic heterocycles. The van der Waals surface area contributed by atoms with Crippen LogP contribution in [0, 0.1) is 5.92 Å². The van der Waals surface area contributed by atoms with Crippen molar-refractivity contribution in [1.29, 1.82) is 0 Å². The van der Waals surface area contributed by atoms with Crippen molar-refractivity contribution >= 4 is 18.0 Å². The van der Waals surface area contributed by atoms with E-state index in [-0.39, 0.29) is 18.5 Å². The fourth-order valence-corrected chi connectivity index (χ4v) is 2.29. The molecule has 1 saturated heterocycles. The van der Waals surface area contributed by atoms with Crippen molar-refractivity contribution in [3.8, 4) is 0 Å². The molecule has 0 aliphatic carbocycles. The molecule has 1 aliphatic rings. The van der Waals surface area contributed by atoms with Crippen molar-refractivity contribution < 1.29 is 19.1 Å². The second-order valence-electron chi connectivity index (χ2n) is 6.39. The van der Waals surface area contributed by atoms with Crippen LogP contribution < -0.4 is 10.6 Å². The number of amides is 4. The van der Waals surface area contributed by atoms with Crippen molar-refractivity contribution in [3.63, 3.8) is 0 Å². The van der Waals surface area contributed by atoms with Gasteiger partial charge in [-0.2, -0.15) is 0 Å². The standard InChI is InChI=1S/C16H30N4O4/c1-4-6-17-15(22)18-14(21)11-19-7-5-8-20(10-9-19)16(23)24-12-13(2)3/h13H,4-12H2,1-3H3,(H2,17,18,21,22). The van der Waals surface area contributed by atoms with E-state index in [2.05, 4.69) is 10.6 Å². The Morgan fingerprint density at radius 1 is 1.12 bits per heavy atom. The monoisotopic (exact) mass is 342 g/mol. The summed E-state index contributed by atoms with van der Waals surface area (Å²) in [5.41, 5.74) is 0. The van der Waals surface area contributed by atoms with Crippen LogP contribution in [0.1, 0.15) is 33.6 Å². The van der Waals surface area contributed by atoms with Gasteiger partial charge in [0.05, 0.1) is 13.2 Å². The molecule has 1 rings (SSSR count). The number of nitrogens with zero attached hydrogens (tertiary/aromatic N) is 2. The zero-order chi connectivity index (χ0) is 17.9. The van der Waals surface area contributed by atoms with Crippen molar-refractivity contribution in [1.82, 2.24) is 20.4 Å². The average molecular weight is 342 g/mol. The highest BCUT2D eigenvalue weighted by Crippen LogP contribution is 2.06. The van der Waals surface area contributed by atoms with Crippen LogP contribution in [0.5, 0.6) is 0 Å². The Labute approximate surface area is 143 Å². The number of nitrogens with one attached hydrogen (secondary N) is 2. The van der Waals surface area contributed by atoms with Crippen LogP contribution in [0.15, 0.2) is 0 Å². The maximum absolute atomic E-state index is 12.0. The van der Waals surface area contributed by atoms with Gasteiger partial charge < -0.3 is 15.0 Å². The quantitative estimate of drug-likeness (QED) is 0.752. The van der Waals surface area contributed by atoms with Gasteiger partial charge in [0.2, 0.25) is 5.91 Å². The third-order valence-corrected chi connectivity index (χ3v) is 3.54. The van der Waals surface area contributed by atoms with E-state index in [4.69, 9.17) is 4.74 Å². The van der Waals surface area contributed by atoms with E-state index >= 15 is 0 Å². The minimum Gasteiger partial charge on any atom is -0.449 e. The van der Waals surface area contributed by atoms with E-state index in [1.807, 2.05) is 25.7 Å². The van der Waals surface area contributed by atoms with Crippen LogP contribution in [-0.2, 0) is 9.53 Å². The molecule has 0 atom stereocenters. The molecule has 1 fully saturated rings. The molecule has 0 unspecified atom stereocenters. The number of carbonyl (C=O) groups excluding carboxylic acids is 3. The lowest BCUT2D eigenvalue weighted by molar-refractivity contribution is -0.121. The molecule has 8 nitrogen and oxygen atoms in total. The van der Waals surface area contributed by atoms with Gasteiger partial charge in [0.1, 0.15) is 0 Å². The number of carbonyl (C=O) groups is 3. The zero-order valence-electron chi connectivity index (χ0n) is 15.0. The van der Waals surface area contributed by atoms with Crippen molar-refractivity contribution in [2.75, 3.05) is 45.9 Å². The van der Waals surface area contributed by atoms with Gasteiger partial charge in [0, 0.05) is 32.7 Å². The number of urea groups is 1. The van der Waals surface area contributed by atoms with Gasteiger partial charge in [-0.25, -0.2) is 9.59 Å². The fraction of sp³-hybridized carbons (Fsp3) is 0.812. The van der Waals surface area contributed by atoms with Gasteiger partial charge in [-0.05, 0) is 18.8 Å². The first-order valence-electron chi connectivity index (χ1n) is 8.64. The summed E-state index contributed by atoms with van der Waals surface area (Å²) in [4.78, 5) is 38.9. The maximum Gasteiger partial charge on any atom is 0.409 e. The topological polar surface area (TPSA) is 91.0 Å². The van der Waals surface area contributed by atoms with Crippen LogP contribution in [0.2, 0.25) is 0 Å². The number of hydrogen-bond acceptors (Lipinski definition) is 5. The summed E-state index contributed by atoms with van der Waals surface area (Å²) in [7, 11) is 0. The molecular weight excluding hydrogens is 312 g/mol. The van der Waals surface area contributed by atoms with Crippen molar-refractivity contribution in [2.45, 2.75) is 33.6 Å². The molecule has 0 bridgehead atoms. The second kappa shape index (κ2) is 10.9. The van der Waals surface area contributed by atoms with Gasteiger partial charge in [0.15, 0.2) is 0 Å². The molecule has 138 valence electrons. The van der Waals surface area contributed by atoms with Gasteiger partial charge in [0.25, 0.3) is 0 Å². The highest BCUT2D eigenvalue weighted by atomic mass is 16.6. The minimum absolute atomic E-state index is 0.147. The molecule has 8 heteroatoms. The first-order chi connectivity index (χ1) is 11.4. The molecule has 0 aromatic rings. The highest BCUT2D eigenvalue weighted by molar-refractivity contribution is 5.95. The van der Waals surface area contributed by atoms with E-state index in [0.29, 0.717) is 45.2 Å². The van der Waals surface area contributed by atoms with Crippen molar-refractivity contribution in [2.24, 2.45) is 5.92 Å². The molecule has 0 saturated carbocycles. The van der Waals surface area contributed by atoms with E-state index < -0.39 is 6.03 Å². The third kappa shape index (κ3) is 8.14. The Hall–Kier alpha value is -1.83. The number of imide groups is 1. The number of hydrogen-bond donors (Lipinski definition) is 2.